The first-order chi connectivity index (χ1) is 9.19. The highest BCUT2D eigenvalue weighted by molar-refractivity contribution is 7.99. The van der Waals surface area contributed by atoms with Gasteiger partial charge in [0.2, 0.25) is 11.1 Å². The number of hydrogen-bond donors (Lipinski definition) is 2. The van der Waals surface area contributed by atoms with Crippen LogP contribution in [0.5, 0.6) is 0 Å². The molecule has 0 unspecified atom stereocenters. The highest BCUT2D eigenvalue weighted by Gasteiger charge is 2.21. The van der Waals surface area contributed by atoms with Gasteiger partial charge in [0.05, 0.1) is 5.75 Å². The average Bonchev–Trinajstić information content (AvgIpc) is 3.06. The molecule has 0 bridgehead atoms. The minimum absolute atomic E-state index is 0.0165. The lowest BCUT2D eigenvalue weighted by Crippen LogP contribution is -2.33. The number of ether oxygens (including phenoxy) is 1. The van der Waals surface area contributed by atoms with Crippen LogP contribution in [-0.2, 0) is 9.53 Å². The van der Waals surface area contributed by atoms with Crippen LogP contribution in [0.4, 0.5) is 0 Å². The van der Waals surface area contributed by atoms with Crippen molar-refractivity contribution in [1.29, 1.82) is 0 Å². The summed E-state index contributed by atoms with van der Waals surface area (Å²) < 4.78 is 5.52. The Morgan fingerprint density at radius 1 is 1.68 bits per heavy atom. The molecule has 1 saturated heterocycles. The van der Waals surface area contributed by atoms with Crippen molar-refractivity contribution in [2.75, 3.05) is 12.4 Å². The summed E-state index contributed by atoms with van der Waals surface area (Å²) in [5.74, 6) is 1.12. The van der Waals surface area contributed by atoms with Crippen molar-refractivity contribution in [3.8, 4) is 0 Å². The van der Waals surface area contributed by atoms with Crippen LogP contribution in [0.15, 0.2) is 5.16 Å². The number of carbonyl (C=O) groups is 1. The smallest absolute Gasteiger partial charge is 0.230 e. The molecule has 1 aliphatic rings. The summed E-state index contributed by atoms with van der Waals surface area (Å²) in [4.78, 5) is 16.0. The van der Waals surface area contributed by atoms with Crippen molar-refractivity contribution in [3.63, 3.8) is 0 Å². The number of thioether (sulfide) groups is 1. The van der Waals surface area contributed by atoms with Crippen LogP contribution in [0.2, 0.25) is 0 Å². The lowest BCUT2D eigenvalue weighted by molar-refractivity contribution is -0.119. The van der Waals surface area contributed by atoms with Gasteiger partial charge in [-0.3, -0.25) is 9.89 Å². The summed E-state index contributed by atoms with van der Waals surface area (Å²) in [6.45, 7) is 4.82. The Bertz CT molecular complexity index is 418. The molecule has 106 valence electrons. The predicted molar refractivity (Wildman–Crippen MR) is 72.9 cm³/mol. The lowest BCUT2D eigenvalue weighted by atomic mass is 10.2. The van der Waals surface area contributed by atoms with E-state index in [0.29, 0.717) is 10.9 Å². The molecule has 0 saturated carbocycles. The Kier molecular flexibility index (Phi) is 5.21. The van der Waals surface area contributed by atoms with E-state index in [0.717, 1.165) is 31.7 Å². The van der Waals surface area contributed by atoms with Crippen LogP contribution in [0.25, 0.3) is 0 Å². The number of amides is 1. The maximum absolute atomic E-state index is 11.6. The molecule has 2 atom stereocenters. The highest BCUT2D eigenvalue weighted by atomic mass is 32.2. The molecule has 1 aromatic heterocycles. The number of aromatic amines is 1. The van der Waals surface area contributed by atoms with Crippen LogP contribution in [0.3, 0.4) is 0 Å². The Labute approximate surface area is 117 Å². The van der Waals surface area contributed by atoms with Gasteiger partial charge < -0.3 is 10.1 Å². The Morgan fingerprint density at radius 2 is 2.53 bits per heavy atom. The Morgan fingerprint density at radius 3 is 3.21 bits per heavy atom. The predicted octanol–water partition coefficient (Wildman–Crippen LogP) is 1.66. The third-order valence-electron chi connectivity index (χ3n) is 3.07. The van der Waals surface area contributed by atoms with Crippen LogP contribution in [-0.4, -0.2) is 39.5 Å². The van der Waals surface area contributed by atoms with E-state index in [9.17, 15) is 4.79 Å². The Hall–Kier alpha value is -1.08. The van der Waals surface area contributed by atoms with E-state index in [2.05, 4.69) is 20.5 Å². The summed E-state index contributed by atoms with van der Waals surface area (Å²) >= 11 is 1.34. The molecule has 6 nitrogen and oxygen atoms in total. The monoisotopic (exact) mass is 284 g/mol. The number of rotatable bonds is 6. The van der Waals surface area contributed by atoms with E-state index in [4.69, 9.17) is 4.74 Å². The van der Waals surface area contributed by atoms with Crippen molar-refractivity contribution in [2.45, 2.75) is 50.4 Å². The summed E-state index contributed by atoms with van der Waals surface area (Å²) in [7, 11) is 0. The molecular weight excluding hydrogens is 264 g/mol. The van der Waals surface area contributed by atoms with Gasteiger partial charge in [-0.05, 0) is 26.2 Å². The molecule has 2 heterocycles. The standard InChI is InChI=1S/C12H20N4O2S/c1-3-8(2)13-10(17)7-19-12-14-11(15-16-12)9-5-4-6-18-9/h8-9H,3-7H2,1-2H3,(H,13,17)(H,14,15,16)/t8-,9-/m1/s1. The lowest BCUT2D eigenvalue weighted by Gasteiger charge is -2.09. The number of H-pyrrole nitrogens is 1. The minimum Gasteiger partial charge on any atom is -0.370 e. The summed E-state index contributed by atoms with van der Waals surface area (Å²) in [6, 6.07) is 0.211. The molecule has 1 amide bonds. The largest absolute Gasteiger partial charge is 0.370 e. The van der Waals surface area contributed by atoms with Gasteiger partial charge in [0.1, 0.15) is 6.10 Å². The summed E-state index contributed by atoms with van der Waals surface area (Å²) in [5.41, 5.74) is 0. The molecular formula is C12H20N4O2S. The second-order valence-electron chi connectivity index (χ2n) is 4.67. The van der Waals surface area contributed by atoms with E-state index >= 15 is 0 Å². The van der Waals surface area contributed by atoms with Gasteiger partial charge in [-0.1, -0.05) is 18.7 Å². The van der Waals surface area contributed by atoms with Crippen molar-refractivity contribution in [3.05, 3.63) is 5.82 Å². The van der Waals surface area contributed by atoms with E-state index in [1.165, 1.54) is 11.8 Å². The third-order valence-corrected chi connectivity index (χ3v) is 3.92. The fourth-order valence-electron chi connectivity index (χ4n) is 1.81. The number of nitrogens with one attached hydrogen (secondary N) is 2. The zero-order valence-corrected chi connectivity index (χ0v) is 12.1. The molecule has 1 aromatic rings. The first-order valence-electron chi connectivity index (χ1n) is 6.65. The first kappa shape index (κ1) is 14.3. The van der Waals surface area contributed by atoms with Gasteiger partial charge in [0, 0.05) is 12.6 Å². The van der Waals surface area contributed by atoms with Gasteiger partial charge in [-0.15, -0.1) is 5.10 Å². The molecule has 1 fully saturated rings. The highest BCUT2D eigenvalue weighted by Crippen LogP contribution is 2.26. The zero-order valence-electron chi connectivity index (χ0n) is 11.3. The van der Waals surface area contributed by atoms with Gasteiger partial charge in [-0.25, -0.2) is 4.98 Å². The number of aromatic nitrogens is 3. The fraction of sp³-hybridized carbons (Fsp3) is 0.750. The van der Waals surface area contributed by atoms with Gasteiger partial charge in [-0.2, -0.15) is 0 Å². The maximum Gasteiger partial charge on any atom is 0.230 e. The van der Waals surface area contributed by atoms with Crippen molar-refractivity contribution >= 4 is 17.7 Å². The van der Waals surface area contributed by atoms with Crippen LogP contribution in [0.1, 0.15) is 45.0 Å². The van der Waals surface area contributed by atoms with Crippen LogP contribution in [0, 0.1) is 0 Å². The second-order valence-corrected chi connectivity index (χ2v) is 5.61. The van der Waals surface area contributed by atoms with Crippen molar-refractivity contribution < 1.29 is 9.53 Å². The molecule has 0 spiro atoms. The molecule has 0 aliphatic carbocycles. The fourth-order valence-corrected chi connectivity index (χ4v) is 2.43. The third kappa shape index (κ3) is 4.21. The normalized spacial score (nSPS) is 20.4. The molecule has 2 N–H and O–H groups in total. The van der Waals surface area contributed by atoms with Gasteiger partial charge in [0.25, 0.3) is 0 Å². The number of hydrogen-bond acceptors (Lipinski definition) is 5. The Balaban J connectivity index is 1.78. The van der Waals surface area contributed by atoms with E-state index in [1.54, 1.807) is 0 Å². The first-order valence-corrected chi connectivity index (χ1v) is 7.63. The van der Waals surface area contributed by atoms with Crippen LogP contribution < -0.4 is 5.32 Å². The second kappa shape index (κ2) is 6.91. The number of carbonyl (C=O) groups excluding carboxylic acids is 1. The summed E-state index contributed by atoms with van der Waals surface area (Å²) in [6.07, 6.45) is 3.01. The average molecular weight is 284 g/mol. The van der Waals surface area contributed by atoms with E-state index < -0.39 is 0 Å². The van der Waals surface area contributed by atoms with Gasteiger partial charge in [0.15, 0.2) is 5.82 Å². The van der Waals surface area contributed by atoms with Crippen LogP contribution >= 0.6 is 11.8 Å². The van der Waals surface area contributed by atoms with E-state index in [-0.39, 0.29) is 18.1 Å². The van der Waals surface area contributed by atoms with Crippen molar-refractivity contribution in [1.82, 2.24) is 20.5 Å². The maximum atomic E-state index is 11.6. The number of nitrogens with zero attached hydrogens (tertiary/aromatic N) is 2. The summed E-state index contributed by atoms with van der Waals surface area (Å²) in [5, 5.41) is 10.5. The molecule has 0 radical (unpaired) electrons. The molecule has 2 rings (SSSR count). The molecule has 7 heteroatoms. The molecule has 19 heavy (non-hydrogen) atoms. The molecule has 1 aliphatic heterocycles. The van der Waals surface area contributed by atoms with E-state index in [1.807, 2.05) is 13.8 Å². The topological polar surface area (TPSA) is 79.9 Å². The minimum atomic E-state index is 0.0165. The molecule has 0 aromatic carbocycles. The zero-order chi connectivity index (χ0) is 13.7. The SMILES string of the molecule is CC[C@@H](C)NC(=O)CSc1n[nH]c([C@H]2CCCO2)n1. The quantitative estimate of drug-likeness (QED) is 0.777. The van der Waals surface area contributed by atoms with Crippen molar-refractivity contribution in [2.24, 2.45) is 0 Å². The van der Waals surface area contributed by atoms with Gasteiger partial charge >= 0.3 is 0 Å².